The van der Waals surface area contributed by atoms with Gasteiger partial charge in [-0.2, -0.15) is 39.5 Å². The molecule has 0 amide bonds. The van der Waals surface area contributed by atoms with Crippen molar-refractivity contribution >= 4 is 24.2 Å². The van der Waals surface area contributed by atoms with Crippen LogP contribution in [0.3, 0.4) is 0 Å². The highest BCUT2D eigenvalue weighted by Crippen LogP contribution is 2.45. The van der Waals surface area contributed by atoms with Crippen LogP contribution in [0.2, 0.25) is 0 Å². The van der Waals surface area contributed by atoms with Gasteiger partial charge < -0.3 is 13.8 Å². The first kappa shape index (κ1) is 49.5. The first-order valence-corrected chi connectivity index (χ1v) is 22.4. The second kappa shape index (κ2) is 18.1. The van der Waals surface area contributed by atoms with E-state index >= 15 is 0 Å². The number of aliphatic imine (C=N–C) groups is 1. The van der Waals surface area contributed by atoms with Crippen molar-refractivity contribution in [1.29, 1.82) is 0 Å². The molecule has 0 aliphatic carbocycles. The zero-order chi connectivity index (χ0) is 50.7. The van der Waals surface area contributed by atoms with Crippen LogP contribution in [-0.4, -0.2) is 17.4 Å². The van der Waals surface area contributed by atoms with Crippen LogP contribution in [0.4, 0.5) is 39.5 Å². The summed E-state index contributed by atoms with van der Waals surface area (Å²) in [7, 11) is -2.08. The Morgan fingerprint density at radius 2 is 0.929 bits per heavy atom. The predicted octanol–water partition coefficient (Wildman–Crippen LogP) is 16.5. The number of rotatable bonds is 9. The van der Waals surface area contributed by atoms with Crippen molar-refractivity contribution in [3.8, 4) is 33.9 Å². The highest BCUT2D eigenvalue weighted by molar-refractivity contribution is 6.46. The van der Waals surface area contributed by atoms with Crippen LogP contribution in [0.15, 0.2) is 151 Å². The van der Waals surface area contributed by atoms with Gasteiger partial charge in [-0.05, 0) is 101 Å². The van der Waals surface area contributed by atoms with Gasteiger partial charge in [-0.3, -0.25) is 0 Å². The minimum atomic E-state index is -5.26. The van der Waals surface area contributed by atoms with Crippen LogP contribution < -0.4 is 9.31 Å². The van der Waals surface area contributed by atoms with Crippen molar-refractivity contribution < 1.29 is 48.8 Å². The lowest BCUT2D eigenvalue weighted by molar-refractivity contribution is -0.143. The van der Waals surface area contributed by atoms with Gasteiger partial charge in [0.25, 0.3) is 0 Å². The predicted molar refractivity (Wildman–Crippen MR) is 259 cm³/mol. The van der Waals surface area contributed by atoms with Gasteiger partial charge in [0.05, 0.1) is 28.1 Å². The van der Waals surface area contributed by atoms with Crippen LogP contribution in [0.5, 0.6) is 11.5 Å². The molecule has 0 saturated carbocycles. The molecular formula is C56H48BF9N2O2. The molecule has 0 bridgehead atoms. The van der Waals surface area contributed by atoms with E-state index in [-0.39, 0.29) is 22.5 Å². The first-order valence-electron chi connectivity index (χ1n) is 22.4. The number of aromatic nitrogens is 1. The highest BCUT2D eigenvalue weighted by atomic mass is 19.4. The topological polar surface area (TPSA) is 35.8 Å². The standard InChI is InChI=1S/C56H48BF9N2O2/c1-33-26-40(54(58,59)60)29-43(27-33)69-57(70-44-30-41(55(61,62)63)28-42(31-44)56(64,65)66)68-48(36-20-24-39(25-21-36)53(6,7)8)32-47(35-18-22-38(23-19-35)52(3,4)5)51(68)34(2)49-45-16-12-13-17-46(45)50(67-49)37-14-10-9-11-15-37/h9-32H,1-8H3/b49-34-. The van der Waals surface area contributed by atoms with Crippen LogP contribution in [0.25, 0.3) is 33.7 Å². The number of alkyl halides is 9. The maximum atomic E-state index is 14.5. The van der Waals surface area contributed by atoms with E-state index in [4.69, 9.17) is 14.3 Å². The minimum Gasteiger partial charge on any atom is -0.507 e. The summed E-state index contributed by atoms with van der Waals surface area (Å²) in [5, 5.41) is 0. The maximum Gasteiger partial charge on any atom is 0.743 e. The quantitative estimate of drug-likeness (QED) is 0.107. The van der Waals surface area contributed by atoms with E-state index in [0.29, 0.717) is 63.3 Å². The number of allylic oxidation sites excluding steroid dienone is 1. The number of hydrogen-bond donors (Lipinski definition) is 0. The molecule has 8 rings (SSSR count). The second-order valence-electron chi connectivity index (χ2n) is 19.5. The number of fused-ring (bicyclic) bond motifs is 1. The minimum absolute atomic E-state index is 0.0318. The van der Waals surface area contributed by atoms with E-state index in [2.05, 4.69) is 20.8 Å². The Bertz CT molecular complexity index is 3100. The zero-order valence-corrected chi connectivity index (χ0v) is 39.5. The van der Waals surface area contributed by atoms with E-state index in [9.17, 15) is 39.5 Å². The van der Waals surface area contributed by atoms with E-state index in [0.717, 1.165) is 33.9 Å². The molecular weight excluding hydrogens is 914 g/mol. The van der Waals surface area contributed by atoms with E-state index in [1.54, 1.807) is 6.92 Å². The fourth-order valence-corrected chi connectivity index (χ4v) is 8.54. The summed E-state index contributed by atoms with van der Waals surface area (Å²) < 4.78 is 144. The fraction of sp³-hybridized carbons (Fsp3) is 0.232. The van der Waals surface area contributed by atoms with E-state index < -0.39 is 54.0 Å². The highest BCUT2D eigenvalue weighted by Gasteiger charge is 2.41. The molecule has 0 N–H and O–H groups in total. The number of aryl methyl sites for hydroxylation is 1. The van der Waals surface area contributed by atoms with Gasteiger partial charge in [0, 0.05) is 33.6 Å². The number of benzene rings is 6. The van der Waals surface area contributed by atoms with Crippen LogP contribution >= 0.6 is 0 Å². The monoisotopic (exact) mass is 962 g/mol. The molecule has 14 heteroatoms. The first-order chi connectivity index (χ1) is 32.7. The molecule has 6 aromatic carbocycles. The van der Waals surface area contributed by atoms with Gasteiger partial charge in [-0.25, -0.2) is 4.99 Å². The van der Waals surface area contributed by atoms with Crippen molar-refractivity contribution in [3.05, 3.63) is 201 Å². The second-order valence-corrected chi connectivity index (χ2v) is 19.5. The third kappa shape index (κ3) is 10.3. The van der Waals surface area contributed by atoms with Crippen LogP contribution in [0, 0.1) is 6.92 Å². The summed E-state index contributed by atoms with van der Waals surface area (Å²) in [5.41, 5.74) is 3.29. The lowest BCUT2D eigenvalue weighted by Gasteiger charge is -2.25. The molecule has 0 saturated heterocycles. The Balaban J connectivity index is 1.51. The van der Waals surface area contributed by atoms with Crippen molar-refractivity contribution in [3.63, 3.8) is 0 Å². The van der Waals surface area contributed by atoms with Crippen molar-refractivity contribution in [2.45, 2.75) is 84.7 Å². The Morgan fingerprint density at radius 1 is 0.471 bits per heavy atom. The van der Waals surface area contributed by atoms with Gasteiger partial charge in [-0.15, -0.1) is 0 Å². The molecule has 0 atom stereocenters. The maximum absolute atomic E-state index is 14.5. The van der Waals surface area contributed by atoms with Crippen LogP contribution in [0.1, 0.15) is 104 Å². The lowest BCUT2D eigenvalue weighted by atomic mass is 9.86. The molecule has 0 unspecified atom stereocenters. The molecule has 4 nitrogen and oxygen atoms in total. The number of halogens is 9. The fourth-order valence-electron chi connectivity index (χ4n) is 8.54. The summed E-state index contributed by atoms with van der Waals surface area (Å²) in [5.74, 6) is -1.34. The molecule has 70 heavy (non-hydrogen) atoms. The molecule has 0 spiro atoms. The molecule has 7 aromatic rings. The number of hydrogen-bond acceptors (Lipinski definition) is 3. The summed E-state index contributed by atoms with van der Waals surface area (Å²) >= 11 is 0. The van der Waals surface area contributed by atoms with Gasteiger partial charge >= 0.3 is 25.8 Å². The smallest absolute Gasteiger partial charge is 0.507 e. The molecule has 1 aliphatic heterocycles. The molecule has 0 fully saturated rings. The molecule has 360 valence electrons. The molecule has 1 aliphatic rings. The van der Waals surface area contributed by atoms with Gasteiger partial charge in [0.15, 0.2) is 0 Å². The average Bonchev–Trinajstić information content (AvgIpc) is 3.88. The Labute approximate surface area is 401 Å². The molecule has 0 radical (unpaired) electrons. The van der Waals surface area contributed by atoms with Crippen molar-refractivity contribution in [1.82, 2.24) is 4.48 Å². The van der Waals surface area contributed by atoms with Gasteiger partial charge in [0.1, 0.15) is 11.5 Å². The summed E-state index contributed by atoms with van der Waals surface area (Å²) in [6.07, 6.45) is -15.4. The average molecular weight is 963 g/mol. The van der Waals surface area contributed by atoms with Crippen molar-refractivity contribution in [2.75, 3.05) is 0 Å². The third-order valence-corrected chi connectivity index (χ3v) is 12.2. The lowest BCUT2D eigenvalue weighted by Crippen LogP contribution is -2.40. The zero-order valence-electron chi connectivity index (χ0n) is 39.5. The summed E-state index contributed by atoms with van der Waals surface area (Å²) in [6, 6.07) is 37.6. The largest absolute Gasteiger partial charge is 0.743 e. The van der Waals surface area contributed by atoms with Crippen molar-refractivity contribution in [2.24, 2.45) is 4.99 Å². The Morgan fingerprint density at radius 3 is 1.43 bits per heavy atom. The molecule has 2 heterocycles. The van der Waals surface area contributed by atoms with E-state index in [1.165, 1.54) is 17.5 Å². The van der Waals surface area contributed by atoms with Crippen LogP contribution in [-0.2, 0) is 29.4 Å². The van der Waals surface area contributed by atoms with Gasteiger partial charge in [0.2, 0.25) is 0 Å². The third-order valence-electron chi connectivity index (χ3n) is 12.2. The molecule has 1 aromatic heterocycles. The Kier molecular flexibility index (Phi) is 12.8. The summed E-state index contributed by atoms with van der Waals surface area (Å²) in [4.78, 5) is 5.23. The van der Waals surface area contributed by atoms with Gasteiger partial charge in [-0.1, -0.05) is 145 Å². The normalized spacial score (nSPS) is 14.0. The SMILES string of the molecule is C/C(=C1/N=C(c2ccccc2)c2ccccc21)c1c(-c2ccc(C(C)(C)C)cc2)cc(-c2ccc(C(C)(C)C)cc2)n1B(Oc1cc(C)cc(C(F)(F)F)c1)Oc1cc(C(F)(F)F)cc(C(F)(F)F)c1. The van der Waals surface area contributed by atoms with E-state index in [1.807, 2.05) is 130 Å². The Hall–Kier alpha value is -6.96. The summed E-state index contributed by atoms with van der Waals surface area (Å²) in [6.45, 7) is 15.4. The number of nitrogens with zero attached hydrogens (tertiary/aromatic N) is 2.